The van der Waals surface area contributed by atoms with Crippen LogP contribution in [0.4, 0.5) is 8.78 Å². The summed E-state index contributed by atoms with van der Waals surface area (Å²) in [6, 6.07) is 11.9. The van der Waals surface area contributed by atoms with Gasteiger partial charge in [-0.25, -0.2) is 8.78 Å². The molecule has 0 radical (unpaired) electrons. The molecule has 3 nitrogen and oxygen atoms in total. The molecule has 1 aliphatic rings. The molecular weight excluding hydrogens is 382 g/mol. The summed E-state index contributed by atoms with van der Waals surface area (Å²) in [5, 5.41) is 0. The van der Waals surface area contributed by atoms with E-state index in [1.54, 1.807) is 13.0 Å². The van der Waals surface area contributed by atoms with Crippen molar-refractivity contribution in [2.24, 2.45) is 11.8 Å². The Balaban J connectivity index is 1.82. The molecular formula is C25H32F2N2O. The van der Waals surface area contributed by atoms with Crippen molar-refractivity contribution in [2.45, 2.75) is 40.2 Å². The number of benzene rings is 2. The lowest BCUT2D eigenvalue weighted by Gasteiger charge is -2.29. The van der Waals surface area contributed by atoms with Gasteiger partial charge >= 0.3 is 0 Å². The van der Waals surface area contributed by atoms with Crippen LogP contribution in [0.5, 0.6) is 0 Å². The Labute approximate surface area is 178 Å². The number of amides is 1. The Morgan fingerprint density at radius 1 is 1.13 bits per heavy atom. The van der Waals surface area contributed by atoms with Gasteiger partial charge in [0, 0.05) is 51.1 Å². The van der Waals surface area contributed by atoms with E-state index in [0.29, 0.717) is 31.1 Å². The lowest BCUT2D eigenvalue weighted by Crippen LogP contribution is -2.38. The van der Waals surface area contributed by atoms with Crippen molar-refractivity contribution >= 4 is 5.91 Å². The molecule has 0 aromatic heterocycles. The highest BCUT2D eigenvalue weighted by Gasteiger charge is 2.35. The summed E-state index contributed by atoms with van der Waals surface area (Å²) in [6.07, 6.45) is 0. The lowest BCUT2D eigenvalue weighted by atomic mass is 9.88. The maximum atomic E-state index is 14.3. The molecule has 0 spiro atoms. The summed E-state index contributed by atoms with van der Waals surface area (Å²) >= 11 is 0. The number of aryl methyl sites for hydroxylation is 1. The molecule has 0 aliphatic carbocycles. The van der Waals surface area contributed by atoms with Gasteiger partial charge in [-0.05, 0) is 42.5 Å². The molecule has 1 saturated heterocycles. The second-order valence-corrected chi connectivity index (χ2v) is 9.02. The van der Waals surface area contributed by atoms with Crippen molar-refractivity contribution in [1.29, 1.82) is 0 Å². The van der Waals surface area contributed by atoms with E-state index in [1.807, 2.05) is 30.0 Å². The highest BCUT2D eigenvalue weighted by atomic mass is 19.1. The molecule has 2 aromatic rings. The van der Waals surface area contributed by atoms with Gasteiger partial charge in [-0.1, -0.05) is 43.7 Å². The quantitative estimate of drug-likeness (QED) is 0.637. The van der Waals surface area contributed by atoms with Crippen molar-refractivity contribution in [1.82, 2.24) is 9.80 Å². The maximum absolute atomic E-state index is 14.3. The number of carbonyl (C=O) groups is 1. The third-order valence-electron chi connectivity index (χ3n) is 5.90. The predicted octanol–water partition coefficient (Wildman–Crippen LogP) is 4.99. The second kappa shape index (κ2) is 9.69. The topological polar surface area (TPSA) is 23.6 Å². The Bertz CT molecular complexity index is 866. The number of halogens is 2. The van der Waals surface area contributed by atoms with E-state index < -0.39 is 0 Å². The van der Waals surface area contributed by atoms with Crippen molar-refractivity contribution in [3.05, 3.63) is 70.8 Å². The largest absolute Gasteiger partial charge is 0.342 e. The smallest absolute Gasteiger partial charge is 0.219 e. The molecule has 0 saturated carbocycles. The predicted molar refractivity (Wildman–Crippen MR) is 116 cm³/mol. The van der Waals surface area contributed by atoms with E-state index in [1.165, 1.54) is 18.2 Å². The SMILES string of the molecule is CC(=O)N(CC(C)C)C[C@H]1CN(Cc2cc(C)ccc2F)C[C@@H]1c1ccc(F)cc1. The first-order chi connectivity index (χ1) is 14.2. The van der Waals surface area contributed by atoms with Crippen LogP contribution in [-0.2, 0) is 11.3 Å². The number of rotatable bonds is 7. The van der Waals surface area contributed by atoms with Crippen molar-refractivity contribution in [3.8, 4) is 0 Å². The minimum absolute atomic E-state index is 0.0738. The number of likely N-dealkylation sites (tertiary alicyclic amines) is 1. The standard InChI is InChI=1S/C25H32F2N2O/c1-17(2)12-29(19(4)30)15-22-14-28(13-21-11-18(3)5-10-25(21)27)16-24(22)20-6-8-23(26)9-7-20/h5-11,17,22,24H,12-16H2,1-4H3/t22-,24-/m1/s1. The first-order valence-electron chi connectivity index (χ1n) is 10.7. The third-order valence-corrected chi connectivity index (χ3v) is 5.90. The van der Waals surface area contributed by atoms with Crippen LogP contribution in [0.1, 0.15) is 43.4 Å². The normalized spacial score (nSPS) is 19.4. The molecule has 1 heterocycles. The molecule has 0 N–H and O–H groups in total. The maximum Gasteiger partial charge on any atom is 0.219 e. The van der Waals surface area contributed by atoms with Gasteiger partial charge in [0.1, 0.15) is 11.6 Å². The number of hydrogen-bond donors (Lipinski definition) is 0. The van der Waals surface area contributed by atoms with Gasteiger partial charge in [0.2, 0.25) is 5.91 Å². The van der Waals surface area contributed by atoms with Crippen LogP contribution < -0.4 is 0 Å². The average molecular weight is 415 g/mol. The summed E-state index contributed by atoms with van der Waals surface area (Å²) in [7, 11) is 0. The molecule has 1 fully saturated rings. The van der Waals surface area contributed by atoms with Gasteiger partial charge in [-0.15, -0.1) is 0 Å². The van der Waals surface area contributed by atoms with Gasteiger partial charge in [0.05, 0.1) is 0 Å². The first kappa shape index (κ1) is 22.4. The van der Waals surface area contributed by atoms with Crippen LogP contribution >= 0.6 is 0 Å². The summed E-state index contributed by atoms with van der Waals surface area (Å²) in [5.74, 6) is 0.407. The van der Waals surface area contributed by atoms with Crippen LogP contribution in [0.15, 0.2) is 42.5 Å². The van der Waals surface area contributed by atoms with E-state index in [0.717, 1.165) is 24.2 Å². The average Bonchev–Trinajstić information content (AvgIpc) is 3.06. The number of hydrogen-bond acceptors (Lipinski definition) is 2. The monoisotopic (exact) mass is 414 g/mol. The van der Waals surface area contributed by atoms with Crippen LogP contribution in [0.2, 0.25) is 0 Å². The molecule has 30 heavy (non-hydrogen) atoms. The fraction of sp³-hybridized carbons (Fsp3) is 0.480. The number of carbonyl (C=O) groups excluding carboxylic acids is 1. The molecule has 1 amide bonds. The highest BCUT2D eigenvalue weighted by Crippen LogP contribution is 2.34. The zero-order valence-corrected chi connectivity index (χ0v) is 18.4. The Morgan fingerprint density at radius 3 is 2.47 bits per heavy atom. The molecule has 1 aliphatic heterocycles. The van der Waals surface area contributed by atoms with E-state index in [-0.39, 0.29) is 29.4 Å². The van der Waals surface area contributed by atoms with Gasteiger partial charge in [-0.2, -0.15) is 0 Å². The first-order valence-corrected chi connectivity index (χ1v) is 10.7. The summed E-state index contributed by atoms with van der Waals surface area (Å²) in [6.45, 7) is 11.2. The Hall–Kier alpha value is -2.27. The fourth-order valence-corrected chi connectivity index (χ4v) is 4.48. The van der Waals surface area contributed by atoms with Crippen molar-refractivity contribution in [3.63, 3.8) is 0 Å². The molecule has 3 rings (SSSR count). The van der Waals surface area contributed by atoms with E-state index in [2.05, 4.69) is 18.7 Å². The minimum Gasteiger partial charge on any atom is -0.342 e. The second-order valence-electron chi connectivity index (χ2n) is 9.02. The van der Waals surface area contributed by atoms with Gasteiger partial charge in [-0.3, -0.25) is 9.69 Å². The molecule has 2 atom stereocenters. The Morgan fingerprint density at radius 2 is 1.83 bits per heavy atom. The van der Waals surface area contributed by atoms with Crippen LogP contribution in [-0.4, -0.2) is 41.9 Å². The Kier molecular flexibility index (Phi) is 7.24. The van der Waals surface area contributed by atoms with E-state index in [9.17, 15) is 13.6 Å². The van der Waals surface area contributed by atoms with Crippen molar-refractivity contribution < 1.29 is 13.6 Å². The van der Waals surface area contributed by atoms with E-state index in [4.69, 9.17) is 0 Å². The number of nitrogens with zero attached hydrogens (tertiary/aromatic N) is 2. The third kappa shape index (κ3) is 5.66. The molecule has 0 bridgehead atoms. The van der Waals surface area contributed by atoms with Crippen molar-refractivity contribution in [2.75, 3.05) is 26.2 Å². The zero-order chi connectivity index (χ0) is 21.8. The summed E-state index contributed by atoms with van der Waals surface area (Å²) in [5.41, 5.74) is 2.80. The molecule has 0 unspecified atom stereocenters. The fourth-order valence-electron chi connectivity index (χ4n) is 4.48. The summed E-state index contributed by atoms with van der Waals surface area (Å²) in [4.78, 5) is 16.4. The van der Waals surface area contributed by atoms with Gasteiger partial charge in [0.25, 0.3) is 0 Å². The minimum atomic E-state index is -0.253. The molecule has 5 heteroatoms. The van der Waals surface area contributed by atoms with Crippen LogP contribution in [0.3, 0.4) is 0 Å². The lowest BCUT2D eigenvalue weighted by molar-refractivity contribution is -0.130. The molecule has 2 aromatic carbocycles. The van der Waals surface area contributed by atoms with Crippen LogP contribution in [0, 0.1) is 30.4 Å². The van der Waals surface area contributed by atoms with Gasteiger partial charge in [0.15, 0.2) is 0 Å². The molecule has 162 valence electrons. The van der Waals surface area contributed by atoms with E-state index >= 15 is 0 Å². The zero-order valence-electron chi connectivity index (χ0n) is 18.4. The van der Waals surface area contributed by atoms with Crippen LogP contribution in [0.25, 0.3) is 0 Å². The highest BCUT2D eigenvalue weighted by molar-refractivity contribution is 5.73. The van der Waals surface area contributed by atoms with Gasteiger partial charge < -0.3 is 4.90 Å². The summed E-state index contributed by atoms with van der Waals surface area (Å²) < 4.78 is 27.8.